The summed E-state index contributed by atoms with van der Waals surface area (Å²) in [6, 6.07) is 11.1. The van der Waals surface area contributed by atoms with Crippen LogP contribution in [0.2, 0.25) is 0 Å². The molecule has 1 amide bonds. The molecule has 0 radical (unpaired) electrons. The highest BCUT2D eigenvalue weighted by Gasteiger charge is 2.63. The third-order valence-electron chi connectivity index (χ3n) is 7.67. The molecule has 4 heteroatoms. The fraction of sp³-hybridized carbons (Fsp3) is 0.696. The van der Waals surface area contributed by atoms with Crippen LogP contribution in [0.25, 0.3) is 0 Å². The van der Waals surface area contributed by atoms with E-state index in [0.717, 1.165) is 25.6 Å². The zero-order valence-electron chi connectivity index (χ0n) is 16.2. The first-order valence-corrected chi connectivity index (χ1v) is 11.0. The minimum Gasteiger partial charge on any atom is -0.370 e. The molecule has 0 aromatic heterocycles. The van der Waals surface area contributed by atoms with Crippen LogP contribution in [-0.4, -0.2) is 48.2 Å². The Kier molecular flexibility index (Phi) is 4.73. The molecule has 2 bridgehead atoms. The zero-order chi connectivity index (χ0) is 18.3. The van der Waals surface area contributed by atoms with Gasteiger partial charge in [0, 0.05) is 43.9 Å². The molecule has 1 aliphatic carbocycles. The second kappa shape index (κ2) is 7.21. The second-order valence-corrected chi connectivity index (χ2v) is 9.19. The van der Waals surface area contributed by atoms with Gasteiger partial charge in [0.25, 0.3) is 0 Å². The van der Waals surface area contributed by atoms with E-state index in [0.29, 0.717) is 24.4 Å². The Balaban J connectivity index is 1.16. The van der Waals surface area contributed by atoms with Crippen molar-refractivity contribution in [2.24, 2.45) is 11.8 Å². The van der Waals surface area contributed by atoms with E-state index in [2.05, 4.69) is 22.3 Å². The molecular formula is C23H32N2O2. The minimum absolute atomic E-state index is 0.104. The Bertz CT molecular complexity index is 672. The molecule has 146 valence electrons. The molecule has 1 spiro atoms. The van der Waals surface area contributed by atoms with Crippen LogP contribution < -0.4 is 5.32 Å². The topological polar surface area (TPSA) is 41.6 Å². The van der Waals surface area contributed by atoms with E-state index in [9.17, 15) is 4.79 Å². The van der Waals surface area contributed by atoms with Gasteiger partial charge in [-0.05, 0) is 37.7 Å². The summed E-state index contributed by atoms with van der Waals surface area (Å²) >= 11 is 0. The molecule has 0 unspecified atom stereocenters. The van der Waals surface area contributed by atoms with Crippen molar-refractivity contribution in [3.8, 4) is 0 Å². The van der Waals surface area contributed by atoms with Crippen LogP contribution in [0.4, 0.5) is 0 Å². The van der Waals surface area contributed by atoms with Gasteiger partial charge in [-0.2, -0.15) is 0 Å². The first kappa shape index (κ1) is 17.7. The molecule has 3 aliphatic heterocycles. The average molecular weight is 369 g/mol. The molecule has 4 atom stereocenters. The summed E-state index contributed by atoms with van der Waals surface area (Å²) in [7, 11) is 0. The van der Waals surface area contributed by atoms with Crippen LogP contribution in [0.1, 0.15) is 50.5 Å². The highest BCUT2D eigenvalue weighted by atomic mass is 16.5. The number of nitrogens with one attached hydrogen (secondary N) is 1. The van der Waals surface area contributed by atoms with Gasteiger partial charge < -0.3 is 10.1 Å². The second-order valence-electron chi connectivity index (χ2n) is 9.19. The van der Waals surface area contributed by atoms with Crippen LogP contribution >= 0.6 is 0 Å². The molecule has 1 saturated carbocycles. The Morgan fingerprint density at radius 1 is 1.19 bits per heavy atom. The quantitative estimate of drug-likeness (QED) is 0.839. The maximum atomic E-state index is 12.4. The number of hydrogen-bond acceptors (Lipinski definition) is 3. The summed E-state index contributed by atoms with van der Waals surface area (Å²) in [5.74, 6) is 1.30. The lowest BCUT2D eigenvalue weighted by Gasteiger charge is -2.29. The number of benzene rings is 1. The molecule has 1 aromatic rings. The summed E-state index contributed by atoms with van der Waals surface area (Å²) < 4.78 is 6.55. The molecular weight excluding hydrogens is 336 g/mol. The van der Waals surface area contributed by atoms with E-state index in [1.807, 2.05) is 18.2 Å². The molecule has 5 rings (SSSR count). The van der Waals surface area contributed by atoms with E-state index >= 15 is 0 Å². The van der Waals surface area contributed by atoms with E-state index in [-0.39, 0.29) is 11.5 Å². The Morgan fingerprint density at radius 3 is 2.81 bits per heavy atom. The lowest BCUT2D eigenvalue weighted by atomic mass is 9.73. The summed E-state index contributed by atoms with van der Waals surface area (Å²) in [5.41, 5.74) is 1.34. The van der Waals surface area contributed by atoms with E-state index in [4.69, 9.17) is 4.74 Å². The summed E-state index contributed by atoms with van der Waals surface area (Å²) in [4.78, 5) is 15.1. The number of hydrogen-bond donors (Lipinski definition) is 1. The first-order chi connectivity index (χ1) is 13.2. The predicted octanol–water partition coefficient (Wildman–Crippen LogP) is 3.16. The third-order valence-corrected chi connectivity index (χ3v) is 7.67. The molecule has 4 aliphatic rings. The predicted molar refractivity (Wildman–Crippen MR) is 105 cm³/mol. The van der Waals surface area contributed by atoms with Gasteiger partial charge >= 0.3 is 0 Å². The van der Waals surface area contributed by atoms with Gasteiger partial charge in [-0.3, -0.25) is 9.69 Å². The van der Waals surface area contributed by atoms with Crippen LogP contribution in [0.5, 0.6) is 0 Å². The molecule has 27 heavy (non-hydrogen) atoms. The van der Waals surface area contributed by atoms with Crippen LogP contribution in [0.3, 0.4) is 0 Å². The lowest BCUT2D eigenvalue weighted by Crippen LogP contribution is -2.41. The molecule has 4 nitrogen and oxygen atoms in total. The van der Waals surface area contributed by atoms with E-state index in [1.165, 1.54) is 50.6 Å². The van der Waals surface area contributed by atoms with E-state index < -0.39 is 0 Å². The minimum atomic E-state index is 0.104. The Labute approximate surface area is 162 Å². The van der Waals surface area contributed by atoms with Gasteiger partial charge in [0.2, 0.25) is 5.91 Å². The Hall–Kier alpha value is -1.39. The van der Waals surface area contributed by atoms with Gasteiger partial charge in [0.1, 0.15) is 0 Å². The van der Waals surface area contributed by atoms with Crippen molar-refractivity contribution in [3.63, 3.8) is 0 Å². The van der Waals surface area contributed by atoms with Gasteiger partial charge in [-0.15, -0.1) is 0 Å². The number of fused-ring (bicyclic) bond motifs is 1. The fourth-order valence-corrected chi connectivity index (χ4v) is 6.27. The lowest BCUT2D eigenvalue weighted by molar-refractivity contribution is -0.121. The zero-order valence-corrected chi connectivity index (χ0v) is 16.2. The maximum absolute atomic E-state index is 12.4. The van der Waals surface area contributed by atoms with Crippen LogP contribution in [-0.2, 0) is 16.0 Å². The average Bonchev–Trinajstić information content (AvgIpc) is 3.45. The smallest absolute Gasteiger partial charge is 0.220 e. The van der Waals surface area contributed by atoms with Crippen LogP contribution in [0.15, 0.2) is 30.3 Å². The number of likely N-dealkylation sites (tertiary alicyclic amines) is 1. The van der Waals surface area contributed by atoms with Crippen molar-refractivity contribution < 1.29 is 9.53 Å². The summed E-state index contributed by atoms with van der Waals surface area (Å²) in [6.45, 7) is 3.12. The van der Waals surface area contributed by atoms with Crippen molar-refractivity contribution in [1.82, 2.24) is 10.2 Å². The number of ether oxygens (including phenoxy) is 1. The standard InChI is InChI=1S/C23H32N2O2/c26-22(11-10-17-6-2-1-3-7-17)24-14-19-20-15-25(18-8-4-5-9-18)16-23(20)13-12-21(19)27-23/h1-3,6-7,18-21H,4-5,8-16H2,(H,24,26)/t19-,20+,21+,23+/m0/s1. The number of nitrogens with zero attached hydrogens (tertiary/aromatic N) is 1. The number of carbonyl (C=O) groups is 1. The highest BCUT2D eigenvalue weighted by Crippen LogP contribution is 2.55. The maximum Gasteiger partial charge on any atom is 0.220 e. The Morgan fingerprint density at radius 2 is 2.00 bits per heavy atom. The number of carbonyl (C=O) groups excluding carboxylic acids is 1. The van der Waals surface area contributed by atoms with Crippen molar-refractivity contribution in [2.45, 2.75) is 69.1 Å². The number of aryl methyl sites for hydroxylation is 1. The summed E-state index contributed by atoms with van der Waals surface area (Å²) in [6.07, 6.45) is 9.69. The highest BCUT2D eigenvalue weighted by molar-refractivity contribution is 5.76. The third kappa shape index (κ3) is 3.31. The monoisotopic (exact) mass is 368 g/mol. The van der Waals surface area contributed by atoms with Crippen molar-refractivity contribution in [1.29, 1.82) is 0 Å². The normalized spacial score (nSPS) is 35.6. The molecule has 4 fully saturated rings. The van der Waals surface area contributed by atoms with Crippen molar-refractivity contribution in [2.75, 3.05) is 19.6 Å². The van der Waals surface area contributed by atoms with Crippen LogP contribution in [0, 0.1) is 11.8 Å². The molecule has 1 N–H and O–H groups in total. The van der Waals surface area contributed by atoms with Gasteiger partial charge in [-0.1, -0.05) is 43.2 Å². The summed E-state index contributed by atoms with van der Waals surface area (Å²) in [5, 5.41) is 3.24. The van der Waals surface area contributed by atoms with Gasteiger partial charge in [-0.25, -0.2) is 0 Å². The largest absolute Gasteiger partial charge is 0.370 e. The number of amides is 1. The number of rotatable bonds is 6. The van der Waals surface area contributed by atoms with Gasteiger partial charge in [0.15, 0.2) is 0 Å². The van der Waals surface area contributed by atoms with Crippen molar-refractivity contribution in [3.05, 3.63) is 35.9 Å². The van der Waals surface area contributed by atoms with Crippen molar-refractivity contribution >= 4 is 5.91 Å². The molecule has 3 heterocycles. The fourth-order valence-electron chi connectivity index (χ4n) is 6.27. The molecule has 1 aromatic carbocycles. The SMILES string of the molecule is O=C(CCc1ccccc1)NC[C@H]1[C@H]2CN(C3CCCC3)C[C@]23CC[C@H]1O3. The van der Waals surface area contributed by atoms with Gasteiger partial charge in [0.05, 0.1) is 11.7 Å². The molecule has 3 saturated heterocycles. The van der Waals surface area contributed by atoms with E-state index in [1.54, 1.807) is 0 Å². The first-order valence-electron chi connectivity index (χ1n) is 11.0.